The van der Waals surface area contributed by atoms with Crippen LogP contribution in [0, 0.1) is 0 Å². The highest BCUT2D eigenvalue weighted by Gasteiger charge is 2.22. The highest BCUT2D eigenvalue weighted by atomic mass is 32.1. The molecule has 0 spiro atoms. The summed E-state index contributed by atoms with van der Waals surface area (Å²) in [6.45, 7) is 0. The third-order valence-electron chi connectivity index (χ3n) is 11.2. The normalized spacial score (nSPS) is 11.9. The van der Waals surface area contributed by atoms with Gasteiger partial charge >= 0.3 is 0 Å². The maximum Gasteiger partial charge on any atom is 0.160 e. The third-order valence-corrected chi connectivity index (χ3v) is 12.4. The molecule has 5 heteroatoms. The number of para-hydroxylation sites is 2. The lowest BCUT2D eigenvalue weighted by Gasteiger charge is -2.14. The molecular formula is C52H31N3OS. The minimum absolute atomic E-state index is 0.702. The lowest BCUT2D eigenvalue weighted by molar-refractivity contribution is 0.669. The average Bonchev–Trinajstić information content (AvgIpc) is 3.96. The van der Waals surface area contributed by atoms with Crippen molar-refractivity contribution in [1.29, 1.82) is 0 Å². The molecule has 0 atom stereocenters. The number of aromatic nitrogens is 3. The van der Waals surface area contributed by atoms with Gasteiger partial charge in [0.25, 0.3) is 0 Å². The Hall–Kier alpha value is -7.34. The molecule has 0 saturated heterocycles. The molecule has 266 valence electrons. The van der Waals surface area contributed by atoms with Crippen LogP contribution < -0.4 is 0 Å². The topological polar surface area (TPSA) is 43.9 Å². The Morgan fingerprint density at radius 1 is 0.421 bits per heavy atom. The molecule has 0 amide bonds. The Kier molecular flexibility index (Phi) is 7.06. The molecule has 0 fully saturated rings. The molecule has 4 aromatic heterocycles. The summed E-state index contributed by atoms with van der Waals surface area (Å²) in [7, 11) is 0. The highest BCUT2D eigenvalue weighted by molar-refractivity contribution is 7.26. The first-order valence-corrected chi connectivity index (χ1v) is 20.0. The van der Waals surface area contributed by atoms with Crippen LogP contribution in [0.5, 0.6) is 0 Å². The highest BCUT2D eigenvalue weighted by Crippen LogP contribution is 2.47. The van der Waals surface area contributed by atoms with Crippen LogP contribution in [-0.2, 0) is 0 Å². The van der Waals surface area contributed by atoms with Gasteiger partial charge in [0.05, 0.1) is 22.4 Å². The number of nitrogens with zero attached hydrogens (tertiary/aromatic N) is 3. The second-order valence-corrected chi connectivity index (χ2v) is 15.5. The lowest BCUT2D eigenvalue weighted by atomic mass is 9.97. The zero-order valence-electron chi connectivity index (χ0n) is 30.6. The van der Waals surface area contributed by atoms with Gasteiger partial charge in [-0.25, -0.2) is 9.97 Å². The molecule has 0 N–H and O–H groups in total. The standard InChI is InChI=1S/C52H31N3OS/c1-3-15-32(16-4-1)42-31-43(54-52(53-42)33-17-5-2-6-18-33)37-23-13-25-45-49(37)38-20-7-10-24-44(38)55(45)34-29-40-35-19-9-12-28-48(35)57-51(40)41(30-34)36-22-14-27-47-50(36)39-21-8-11-26-46(39)56-47/h1-31H. The van der Waals surface area contributed by atoms with Crippen LogP contribution in [0.25, 0.3) is 115 Å². The average molecular weight is 746 g/mol. The number of hydrogen-bond acceptors (Lipinski definition) is 4. The van der Waals surface area contributed by atoms with E-state index in [1.165, 1.54) is 36.7 Å². The maximum atomic E-state index is 6.42. The van der Waals surface area contributed by atoms with Crippen LogP contribution in [-0.4, -0.2) is 14.5 Å². The van der Waals surface area contributed by atoms with Crippen LogP contribution >= 0.6 is 11.3 Å². The van der Waals surface area contributed by atoms with Crippen LogP contribution in [0.2, 0.25) is 0 Å². The summed E-state index contributed by atoms with van der Waals surface area (Å²) in [6.07, 6.45) is 0. The van der Waals surface area contributed by atoms with Crippen LogP contribution in [0.1, 0.15) is 0 Å². The number of furan rings is 1. The molecule has 4 nitrogen and oxygen atoms in total. The monoisotopic (exact) mass is 745 g/mol. The van der Waals surface area contributed by atoms with E-state index >= 15 is 0 Å². The molecule has 0 aliphatic rings. The zero-order valence-corrected chi connectivity index (χ0v) is 31.4. The van der Waals surface area contributed by atoms with Crippen LogP contribution in [0.3, 0.4) is 0 Å². The van der Waals surface area contributed by atoms with E-state index in [9.17, 15) is 0 Å². The number of rotatable bonds is 5. The molecule has 12 aromatic rings. The summed E-state index contributed by atoms with van der Waals surface area (Å²) in [4.78, 5) is 10.4. The van der Waals surface area contributed by atoms with Crippen molar-refractivity contribution < 1.29 is 4.42 Å². The molecule has 0 radical (unpaired) electrons. The Morgan fingerprint density at radius 2 is 1.07 bits per heavy atom. The van der Waals surface area contributed by atoms with E-state index in [1.54, 1.807) is 0 Å². The molecule has 57 heavy (non-hydrogen) atoms. The summed E-state index contributed by atoms with van der Waals surface area (Å²) in [5.74, 6) is 0.702. The fourth-order valence-corrected chi connectivity index (χ4v) is 9.92. The fraction of sp³-hybridized carbons (Fsp3) is 0. The van der Waals surface area contributed by atoms with Crippen LogP contribution in [0.15, 0.2) is 192 Å². The minimum Gasteiger partial charge on any atom is -0.456 e. The van der Waals surface area contributed by atoms with Gasteiger partial charge in [-0.15, -0.1) is 11.3 Å². The number of fused-ring (bicyclic) bond motifs is 9. The van der Waals surface area contributed by atoms with E-state index in [2.05, 4.69) is 162 Å². The van der Waals surface area contributed by atoms with Gasteiger partial charge in [-0.05, 0) is 54.1 Å². The van der Waals surface area contributed by atoms with Gasteiger partial charge in [0.1, 0.15) is 11.2 Å². The molecule has 0 bridgehead atoms. The number of thiophene rings is 1. The summed E-state index contributed by atoms with van der Waals surface area (Å²) >= 11 is 1.86. The minimum atomic E-state index is 0.702. The molecule has 0 saturated carbocycles. The largest absolute Gasteiger partial charge is 0.456 e. The van der Waals surface area contributed by atoms with Gasteiger partial charge in [0.15, 0.2) is 5.82 Å². The summed E-state index contributed by atoms with van der Waals surface area (Å²) in [5, 5.41) is 7.09. The molecule has 0 unspecified atom stereocenters. The Balaban J connectivity index is 1.16. The van der Waals surface area contributed by atoms with Crippen molar-refractivity contribution in [3.63, 3.8) is 0 Å². The van der Waals surface area contributed by atoms with Gasteiger partial charge in [-0.2, -0.15) is 0 Å². The van der Waals surface area contributed by atoms with Crippen molar-refractivity contribution in [3.8, 4) is 50.7 Å². The quantitative estimate of drug-likeness (QED) is 0.176. The smallest absolute Gasteiger partial charge is 0.160 e. The molecule has 8 aromatic carbocycles. The van der Waals surface area contributed by atoms with Crippen molar-refractivity contribution in [2.24, 2.45) is 0 Å². The molecule has 0 aliphatic heterocycles. The molecule has 0 aliphatic carbocycles. The van der Waals surface area contributed by atoms with E-state index in [0.29, 0.717) is 5.82 Å². The molecular weight excluding hydrogens is 715 g/mol. The van der Waals surface area contributed by atoms with E-state index in [0.717, 1.165) is 72.1 Å². The summed E-state index contributed by atoms with van der Waals surface area (Å²) in [6, 6.07) is 66.5. The van der Waals surface area contributed by atoms with E-state index in [1.807, 2.05) is 41.7 Å². The number of hydrogen-bond donors (Lipinski definition) is 0. The lowest BCUT2D eigenvalue weighted by Crippen LogP contribution is -1.97. The predicted octanol–water partition coefficient (Wildman–Crippen LogP) is 14.5. The Morgan fingerprint density at radius 3 is 1.93 bits per heavy atom. The van der Waals surface area contributed by atoms with Crippen molar-refractivity contribution in [2.75, 3.05) is 0 Å². The second kappa shape index (κ2) is 12.6. The van der Waals surface area contributed by atoms with Crippen molar-refractivity contribution in [3.05, 3.63) is 188 Å². The second-order valence-electron chi connectivity index (χ2n) is 14.5. The Bertz CT molecular complexity index is 3470. The first kappa shape index (κ1) is 32.0. The van der Waals surface area contributed by atoms with Crippen molar-refractivity contribution in [2.45, 2.75) is 0 Å². The van der Waals surface area contributed by atoms with Crippen LogP contribution in [0.4, 0.5) is 0 Å². The SMILES string of the molecule is c1ccc(-c2cc(-c3cccc4c3c3ccccc3n4-c3cc(-c4cccc5oc6ccccc6c45)c4sc5ccccc5c4c3)nc(-c3ccccc3)n2)cc1. The van der Waals surface area contributed by atoms with Gasteiger partial charge < -0.3 is 8.98 Å². The zero-order chi connectivity index (χ0) is 37.5. The summed E-state index contributed by atoms with van der Waals surface area (Å²) in [5.41, 5.74) is 12.4. The van der Waals surface area contributed by atoms with Crippen molar-refractivity contribution in [1.82, 2.24) is 14.5 Å². The molecule has 12 rings (SSSR count). The summed E-state index contributed by atoms with van der Waals surface area (Å²) < 4.78 is 11.4. The van der Waals surface area contributed by atoms with E-state index in [-0.39, 0.29) is 0 Å². The van der Waals surface area contributed by atoms with Gasteiger partial charge in [-0.3, -0.25) is 0 Å². The van der Waals surface area contributed by atoms with E-state index < -0.39 is 0 Å². The maximum absolute atomic E-state index is 6.42. The van der Waals surface area contributed by atoms with Gasteiger partial charge in [0.2, 0.25) is 0 Å². The predicted molar refractivity (Wildman–Crippen MR) is 238 cm³/mol. The first-order chi connectivity index (χ1) is 28.3. The Labute approximate surface area is 331 Å². The first-order valence-electron chi connectivity index (χ1n) is 19.2. The van der Waals surface area contributed by atoms with Gasteiger partial charge in [-0.1, -0.05) is 140 Å². The molecule has 4 heterocycles. The van der Waals surface area contributed by atoms with Crippen molar-refractivity contribution >= 4 is 75.3 Å². The fourth-order valence-electron chi connectivity index (χ4n) is 8.71. The van der Waals surface area contributed by atoms with Gasteiger partial charge in [0, 0.05) is 69.7 Å². The third kappa shape index (κ3) is 4.99. The van der Waals surface area contributed by atoms with E-state index in [4.69, 9.17) is 14.4 Å². The number of benzene rings is 8.